The van der Waals surface area contributed by atoms with Gasteiger partial charge in [-0.1, -0.05) is 0 Å². The molecule has 0 spiro atoms. The first-order chi connectivity index (χ1) is 11.0. The van der Waals surface area contributed by atoms with Gasteiger partial charge < -0.3 is 9.80 Å². The van der Waals surface area contributed by atoms with Gasteiger partial charge in [0.1, 0.15) is 5.52 Å². The summed E-state index contributed by atoms with van der Waals surface area (Å²) in [5, 5.41) is 4.17. The fourth-order valence-corrected chi connectivity index (χ4v) is 3.21. The van der Waals surface area contributed by atoms with E-state index in [1.807, 2.05) is 11.0 Å². The molecule has 0 aliphatic carbocycles. The SMILES string of the molecule is O=C(C1CN(c2nccn3nccc23)C1)N1CCC(F)(F)CC1. The third kappa shape index (κ3) is 2.51. The summed E-state index contributed by atoms with van der Waals surface area (Å²) in [6.45, 7) is 1.45. The summed E-state index contributed by atoms with van der Waals surface area (Å²) in [7, 11) is 0. The second-order valence-corrected chi connectivity index (χ2v) is 6.20. The minimum absolute atomic E-state index is 0.0165. The molecule has 122 valence electrons. The lowest BCUT2D eigenvalue weighted by Gasteiger charge is -2.42. The van der Waals surface area contributed by atoms with E-state index in [1.54, 1.807) is 28.0 Å². The number of aromatic nitrogens is 3. The van der Waals surface area contributed by atoms with Gasteiger partial charge in [-0.25, -0.2) is 18.3 Å². The number of fused-ring (bicyclic) bond motifs is 1. The van der Waals surface area contributed by atoms with Crippen molar-refractivity contribution in [2.75, 3.05) is 31.1 Å². The van der Waals surface area contributed by atoms with Gasteiger partial charge in [0.25, 0.3) is 5.92 Å². The van der Waals surface area contributed by atoms with E-state index in [9.17, 15) is 13.6 Å². The Balaban J connectivity index is 1.40. The molecule has 1 amide bonds. The van der Waals surface area contributed by atoms with E-state index in [2.05, 4.69) is 10.1 Å². The summed E-state index contributed by atoms with van der Waals surface area (Å²) < 4.78 is 28.1. The standard InChI is InChI=1S/C15H17F2N5O/c16-15(17)2-6-20(7-3-15)14(23)11-9-21(10-11)13-12-1-4-19-22(12)8-5-18-13/h1,4-5,8,11H,2-3,6-7,9-10H2. The molecule has 2 aliphatic heterocycles. The summed E-state index contributed by atoms with van der Waals surface area (Å²) in [5.41, 5.74) is 0.899. The van der Waals surface area contributed by atoms with Crippen molar-refractivity contribution in [1.82, 2.24) is 19.5 Å². The summed E-state index contributed by atoms with van der Waals surface area (Å²) in [5.74, 6) is -1.97. The molecule has 0 radical (unpaired) electrons. The molecule has 23 heavy (non-hydrogen) atoms. The van der Waals surface area contributed by atoms with Gasteiger partial charge in [0, 0.05) is 51.4 Å². The van der Waals surface area contributed by atoms with Crippen molar-refractivity contribution in [1.29, 1.82) is 0 Å². The molecule has 8 heteroatoms. The highest BCUT2D eigenvalue weighted by molar-refractivity contribution is 5.83. The summed E-state index contributed by atoms with van der Waals surface area (Å²) >= 11 is 0. The van der Waals surface area contributed by atoms with Crippen LogP contribution in [0.5, 0.6) is 0 Å². The molecule has 2 fully saturated rings. The summed E-state index contributed by atoms with van der Waals surface area (Å²) in [4.78, 5) is 20.4. The molecule has 2 saturated heterocycles. The minimum Gasteiger partial charge on any atom is -0.353 e. The Hall–Kier alpha value is -2.25. The van der Waals surface area contributed by atoms with Crippen LogP contribution >= 0.6 is 0 Å². The lowest BCUT2D eigenvalue weighted by Crippen LogP contribution is -2.56. The average Bonchev–Trinajstić information content (AvgIpc) is 2.94. The van der Waals surface area contributed by atoms with Crippen LogP contribution in [-0.2, 0) is 4.79 Å². The van der Waals surface area contributed by atoms with Crippen molar-refractivity contribution in [3.8, 4) is 0 Å². The molecule has 4 rings (SSSR count). The number of alkyl halides is 2. The molecule has 0 bridgehead atoms. The van der Waals surface area contributed by atoms with Gasteiger partial charge in [-0.3, -0.25) is 4.79 Å². The molecule has 2 aliphatic rings. The van der Waals surface area contributed by atoms with Crippen LogP contribution in [0.4, 0.5) is 14.6 Å². The van der Waals surface area contributed by atoms with Crippen LogP contribution in [0.25, 0.3) is 5.52 Å². The van der Waals surface area contributed by atoms with Crippen LogP contribution in [0.3, 0.4) is 0 Å². The van der Waals surface area contributed by atoms with Crippen molar-refractivity contribution in [3.63, 3.8) is 0 Å². The highest BCUT2D eigenvalue weighted by Gasteiger charge is 2.41. The Morgan fingerprint density at radius 3 is 2.70 bits per heavy atom. The van der Waals surface area contributed by atoms with Crippen LogP contribution in [0.2, 0.25) is 0 Å². The zero-order valence-electron chi connectivity index (χ0n) is 12.5. The van der Waals surface area contributed by atoms with Gasteiger partial charge in [-0.15, -0.1) is 0 Å². The number of anilines is 1. The Bertz CT molecular complexity index is 730. The topological polar surface area (TPSA) is 53.7 Å². The number of carbonyl (C=O) groups is 1. The molecule has 0 aromatic carbocycles. The Labute approximate surface area is 131 Å². The largest absolute Gasteiger partial charge is 0.353 e. The van der Waals surface area contributed by atoms with Crippen molar-refractivity contribution in [2.24, 2.45) is 5.92 Å². The van der Waals surface area contributed by atoms with E-state index in [0.29, 0.717) is 13.1 Å². The summed E-state index contributed by atoms with van der Waals surface area (Å²) in [6.07, 6.45) is 4.70. The number of rotatable bonds is 2. The number of carbonyl (C=O) groups excluding carboxylic acids is 1. The lowest BCUT2D eigenvalue weighted by molar-refractivity contribution is -0.142. The molecule has 0 N–H and O–H groups in total. The Morgan fingerprint density at radius 1 is 1.22 bits per heavy atom. The van der Waals surface area contributed by atoms with Gasteiger partial charge in [0.2, 0.25) is 5.91 Å². The van der Waals surface area contributed by atoms with E-state index in [0.717, 1.165) is 11.3 Å². The highest BCUT2D eigenvalue weighted by Crippen LogP contribution is 2.31. The van der Waals surface area contributed by atoms with Crippen molar-refractivity contribution < 1.29 is 13.6 Å². The zero-order valence-corrected chi connectivity index (χ0v) is 12.5. The maximum atomic E-state index is 13.2. The minimum atomic E-state index is -2.62. The van der Waals surface area contributed by atoms with Crippen molar-refractivity contribution in [3.05, 3.63) is 24.7 Å². The van der Waals surface area contributed by atoms with Crippen LogP contribution in [0, 0.1) is 5.92 Å². The summed E-state index contributed by atoms with van der Waals surface area (Å²) in [6, 6.07) is 1.88. The fraction of sp³-hybridized carbons (Fsp3) is 0.533. The maximum Gasteiger partial charge on any atom is 0.251 e. The monoisotopic (exact) mass is 321 g/mol. The third-order valence-corrected chi connectivity index (χ3v) is 4.64. The quantitative estimate of drug-likeness (QED) is 0.839. The van der Waals surface area contributed by atoms with Crippen LogP contribution < -0.4 is 4.90 Å². The predicted octanol–water partition coefficient (Wildman–Crippen LogP) is 1.42. The van der Waals surface area contributed by atoms with Crippen LogP contribution in [0.15, 0.2) is 24.7 Å². The van der Waals surface area contributed by atoms with E-state index in [1.165, 1.54) is 0 Å². The smallest absolute Gasteiger partial charge is 0.251 e. The molecule has 0 unspecified atom stereocenters. The predicted molar refractivity (Wildman–Crippen MR) is 79.5 cm³/mol. The molecular weight excluding hydrogens is 304 g/mol. The van der Waals surface area contributed by atoms with Gasteiger partial charge in [-0.05, 0) is 6.07 Å². The number of hydrogen-bond donors (Lipinski definition) is 0. The van der Waals surface area contributed by atoms with Gasteiger partial charge in [-0.2, -0.15) is 5.10 Å². The van der Waals surface area contributed by atoms with E-state index < -0.39 is 5.92 Å². The number of amides is 1. The van der Waals surface area contributed by atoms with E-state index in [4.69, 9.17) is 0 Å². The van der Waals surface area contributed by atoms with Crippen LogP contribution in [-0.4, -0.2) is 57.5 Å². The van der Waals surface area contributed by atoms with Crippen molar-refractivity contribution >= 4 is 17.2 Å². The number of nitrogens with zero attached hydrogens (tertiary/aromatic N) is 5. The fourth-order valence-electron chi connectivity index (χ4n) is 3.21. The molecular formula is C15H17F2N5O. The maximum absolute atomic E-state index is 13.2. The third-order valence-electron chi connectivity index (χ3n) is 4.64. The Morgan fingerprint density at radius 2 is 1.96 bits per heavy atom. The number of halogens is 2. The van der Waals surface area contributed by atoms with Crippen molar-refractivity contribution in [2.45, 2.75) is 18.8 Å². The molecule has 2 aromatic rings. The number of likely N-dealkylation sites (tertiary alicyclic amines) is 1. The first-order valence-electron chi connectivity index (χ1n) is 7.73. The first-order valence-corrected chi connectivity index (χ1v) is 7.73. The van der Waals surface area contributed by atoms with Crippen LogP contribution in [0.1, 0.15) is 12.8 Å². The average molecular weight is 321 g/mol. The molecule has 0 atom stereocenters. The van der Waals surface area contributed by atoms with Gasteiger partial charge in [0.15, 0.2) is 5.82 Å². The van der Waals surface area contributed by atoms with E-state index >= 15 is 0 Å². The number of hydrogen-bond acceptors (Lipinski definition) is 4. The van der Waals surface area contributed by atoms with Gasteiger partial charge in [0.05, 0.1) is 12.1 Å². The highest BCUT2D eigenvalue weighted by atomic mass is 19.3. The lowest BCUT2D eigenvalue weighted by atomic mass is 9.96. The number of piperidine rings is 1. The molecule has 0 saturated carbocycles. The normalized spacial score (nSPS) is 21.5. The zero-order chi connectivity index (χ0) is 16.0. The second-order valence-electron chi connectivity index (χ2n) is 6.20. The second kappa shape index (κ2) is 5.14. The molecule has 6 nitrogen and oxygen atoms in total. The van der Waals surface area contributed by atoms with E-state index in [-0.39, 0.29) is 37.8 Å². The Kier molecular flexibility index (Phi) is 3.21. The molecule has 4 heterocycles. The first kappa shape index (κ1) is 14.3. The molecule has 2 aromatic heterocycles. The van der Waals surface area contributed by atoms with Gasteiger partial charge >= 0.3 is 0 Å².